The third kappa shape index (κ3) is 3.44. The fraction of sp³-hybridized carbons (Fsp3) is 0.714. The van der Waals surface area contributed by atoms with Gasteiger partial charge in [0, 0.05) is 0 Å². The van der Waals surface area contributed by atoms with Crippen molar-refractivity contribution in [2.24, 2.45) is 11.3 Å². The zero-order chi connectivity index (χ0) is 15.6. The molecule has 1 aromatic carbocycles. The van der Waals surface area contributed by atoms with E-state index in [0.717, 1.165) is 18.2 Å². The smallest absolute Gasteiger partial charge is 0.0653 e. The van der Waals surface area contributed by atoms with Crippen molar-refractivity contribution in [3.63, 3.8) is 0 Å². The molecule has 0 bridgehead atoms. The molecule has 1 unspecified atom stereocenters. The van der Waals surface area contributed by atoms with Crippen LogP contribution in [0.25, 0.3) is 0 Å². The second kappa shape index (κ2) is 6.81. The summed E-state index contributed by atoms with van der Waals surface area (Å²) in [5, 5.41) is 0. The zero-order valence-electron chi connectivity index (χ0n) is 14.5. The summed E-state index contributed by atoms with van der Waals surface area (Å²) in [5.74, 6) is 1.68. The molecule has 3 rings (SSSR count). The number of fused-ring (bicyclic) bond motifs is 1. The maximum absolute atomic E-state index is 5.66. The molecule has 2 aliphatic carbocycles. The zero-order valence-corrected chi connectivity index (χ0v) is 14.5. The van der Waals surface area contributed by atoms with Gasteiger partial charge in [-0.25, -0.2) is 0 Å². The fourth-order valence-electron chi connectivity index (χ4n) is 4.68. The normalized spacial score (nSPS) is 31.2. The molecule has 1 heteroatoms. The molecule has 3 atom stereocenters. The topological polar surface area (TPSA) is 0 Å². The van der Waals surface area contributed by atoms with Crippen molar-refractivity contribution < 1.29 is 0 Å². The number of rotatable bonds is 5. The Morgan fingerprint density at radius 3 is 2.82 bits per heavy atom. The summed E-state index contributed by atoms with van der Waals surface area (Å²) in [6.45, 7) is 4.84. The summed E-state index contributed by atoms with van der Waals surface area (Å²) in [4.78, 5) is 0. The highest BCUT2D eigenvalue weighted by molar-refractivity contribution is 6.08. The molecule has 0 nitrogen and oxygen atoms in total. The van der Waals surface area contributed by atoms with Crippen molar-refractivity contribution in [1.82, 2.24) is 0 Å². The third-order valence-corrected chi connectivity index (χ3v) is 6.54. The standard InChI is InChI=1S/C21H31B/c1-3-21(2)11-10-20(15-21)19-9-8-17-13-16(5-4-12-22)6-7-18(17)14-19/h8-9,14,16,20H,3-7,10-13,15H2,1-2H3/t16?,20-,21-/m0/s1. The van der Waals surface area contributed by atoms with Gasteiger partial charge in [0.2, 0.25) is 0 Å². The van der Waals surface area contributed by atoms with Crippen LogP contribution in [0.2, 0.25) is 6.32 Å². The molecule has 2 aliphatic rings. The van der Waals surface area contributed by atoms with E-state index in [1.54, 1.807) is 16.7 Å². The summed E-state index contributed by atoms with van der Waals surface area (Å²) in [6, 6.07) is 7.44. The van der Waals surface area contributed by atoms with Crippen LogP contribution >= 0.6 is 0 Å². The average molecular weight is 294 g/mol. The minimum atomic E-state index is 0.591. The van der Waals surface area contributed by atoms with E-state index in [0.29, 0.717) is 5.41 Å². The van der Waals surface area contributed by atoms with Crippen LogP contribution in [0, 0.1) is 11.3 Å². The first-order valence-corrected chi connectivity index (χ1v) is 9.45. The van der Waals surface area contributed by atoms with Gasteiger partial charge in [-0.3, -0.25) is 0 Å². The Bertz CT molecular complexity index is 507. The number of benzene rings is 1. The predicted molar refractivity (Wildman–Crippen MR) is 96.7 cm³/mol. The lowest BCUT2D eigenvalue weighted by atomic mass is 9.78. The number of hydrogen-bond acceptors (Lipinski definition) is 0. The molecule has 1 fully saturated rings. The molecule has 1 saturated carbocycles. The summed E-state index contributed by atoms with van der Waals surface area (Å²) in [5.41, 5.74) is 5.48. The molecule has 0 heterocycles. The van der Waals surface area contributed by atoms with Gasteiger partial charge < -0.3 is 0 Å². The van der Waals surface area contributed by atoms with Crippen molar-refractivity contribution in [3.05, 3.63) is 34.9 Å². The minimum Gasteiger partial charge on any atom is -0.0887 e. The van der Waals surface area contributed by atoms with Crippen LogP contribution < -0.4 is 0 Å². The van der Waals surface area contributed by atoms with Crippen molar-refractivity contribution >= 4 is 7.85 Å². The van der Waals surface area contributed by atoms with E-state index < -0.39 is 0 Å². The highest BCUT2D eigenvalue weighted by Gasteiger charge is 2.34. The molecule has 0 saturated heterocycles. The lowest BCUT2D eigenvalue weighted by molar-refractivity contribution is 0.319. The quantitative estimate of drug-likeness (QED) is 0.598. The van der Waals surface area contributed by atoms with Gasteiger partial charge in [-0.05, 0) is 72.5 Å². The van der Waals surface area contributed by atoms with Gasteiger partial charge in [-0.2, -0.15) is 0 Å². The minimum absolute atomic E-state index is 0.591. The first-order chi connectivity index (χ1) is 10.6. The van der Waals surface area contributed by atoms with Crippen molar-refractivity contribution in [2.45, 2.75) is 83.9 Å². The van der Waals surface area contributed by atoms with Crippen molar-refractivity contribution in [2.75, 3.05) is 0 Å². The molecule has 0 spiro atoms. The second-order valence-electron chi connectivity index (χ2n) is 8.17. The molecule has 0 amide bonds. The first kappa shape index (κ1) is 16.2. The van der Waals surface area contributed by atoms with Crippen LogP contribution in [0.3, 0.4) is 0 Å². The van der Waals surface area contributed by atoms with Crippen LogP contribution in [0.4, 0.5) is 0 Å². The van der Waals surface area contributed by atoms with E-state index in [2.05, 4.69) is 32.0 Å². The Hall–Kier alpha value is -0.715. The van der Waals surface area contributed by atoms with Crippen LogP contribution in [0.5, 0.6) is 0 Å². The predicted octanol–water partition coefficient (Wildman–Crippen LogP) is 5.84. The molecule has 0 aliphatic heterocycles. The maximum atomic E-state index is 5.66. The lowest BCUT2D eigenvalue weighted by Crippen LogP contribution is -2.15. The molecule has 1 aromatic rings. The first-order valence-electron chi connectivity index (χ1n) is 9.45. The van der Waals surface area contributed by atoms with Crippen LogP contribution in [-0.4, -0.2) is 7.85 Å². The molecule has 0 aromatic heterocycles. The van der Waals surface area contributed by atoms with Gasteiger partial charge in [-0.1, -0.05) is 57.6 Å². The Morgan fingerprint density at radius 1 is 1.23 bits per heavy atom. The Labute approximate surface area is 138 Å². The van der Waals surface area contributed by atoms with Crippen LogP contribution in [0.1, 0.15) is 81.4 Å². The average Bonchev–Trinajstić information content (AvgIpc) is 2.95. The van der Waals surface area contributed by atoms with Crippen molar-refractivity contribution in [3.8, 4) is 0 Å². The van der Waals surface area contributed by atoms with E-state index in [4.69, 9.17) is 7.85 Å². The van der Waals surface area contributed by atoms with Crippen molar-refractivity contribution in [1.29, 1.82) is 0 Å². The van der Waals surface area contributed by atoms with Gasteiger partial charge >= 0.3 is 0 Å². The Kier molecular flexibility index (Phi) is 5.00. The van der Waals surface area contributed by atoms with E-state index in [1.807, 2.05) is 0 Å². The van der Waals surface area contributed by atoms with Crippen LogP contribution in [-0.2, 0) is 12.8 Å². The molecule has 22 heavy (non-hydrogen) atoms. The maximum Gasteiger partial charge on any atom is 0.0653 e. The summed E-state index contributed by atoms with van der Waals surface area (Å²) >= 11 is 0. The molecule has 118 valence electrons. The fourth-order valence-corrected chi connectivity index (χ4v) is 4.68. The van der Waals surface area contributed by atoms with Crippen LogP contribution in [0.15, 0.2) is 18.2 Å². The summed E-state index contributed by atoms with van der Waals surface area (Å²) in [6.07, 6.45) is 12.8. The highest BCUT2D eigenvalue weighted by atomic mass is 14.4. The van der Waals surface area contributed by atoms with Gasteiger partial charge in [0.15, 0.2) is 0 Å². The molecular formula is C21H31B. The molecular weight excluding hydrogens is 263 g/mol. The summed E-state index contributed by atoms with van der Waals surface area (Å²) in [7, 11) is 5.66. The Morgan fingerprint density at radius 2 is 2.09 bits per heavy atom. The monoisotopic (exact) mass is 294 g/mol. The summed E-state index contributed by atoms with van der Waals surface area (Å²) < 4.78 is 0. The van der Waals surface area contributed by atoms with E-state index in [1.165, 1.54) is 57.8 Å². The largest absolute Gasteiger partial charge is 0.0887 e. The SMILES string of the molecule is [B]CCCC1CCc2cc([C@H]3CC[C@](C)(CC)C3)ccc2C1. The highest BCUT2D eigenvalue weighted by Crippen LogP contribution is 2.48. The van der Waals surface area contributed by atoms with Gasteiger partial charge in [0.25, 0.3) is 0 Å². The van der Waals surface area contributed by atoms with Gasteiger partial charge in [0.1, 0.15) is 0 Å². The van der Waals surface area contributed by atoms with Gasteiger partial charge in [0.05, 0.1) is 7.85 Å². The van der Waals surface area contributed by atoms with E-state index >= 15 is 0 Å². The Balaban J connectivity index is 1.68. The number of hydrogen-bond donors (Lipinski definition) is 0. The third-order valence-electron chi connectivity index (χ3n) is 6.54. The lowest BCUT2D eigenvalue weighted by Gasteiger charge is -2.26. The van der Waals surface area contributed by atoms with Gasteiger partial charge in [-0.15, -0.1) is 0 Å². The molecule has 0 N–H and O–H groups in total. The van der Waals surface area contributed by atoms with E-state index in [9.17, 15) is 0 Å². The van der Waals surface area contributed by atoms with E-state index in [-0.39, 0.29) is 0 Å². The second-order valence-corrected chi connectivity index (χ2v) is 8.17. The number of aryl methyl sites for hydroxylation is 1. The molecule has 2 radical (unpaired) electrons.